The molecule has 94 valence electrons. The molecule has 0 aliphatic heterocycles. The number of para-hydroxylation sites is 1. The molecule has 0 unspecified atom stereocenters. The highest BCUT2D eigenvalue weighted by Gasteiger charge is 2.11. The molecule has 3 rings (SSSR count). The van der Waals surface area contributed by atoms with Crippen LogP contribution in [-0.4, -0.2) is 4.57 Å². The summed E-state index contributed by atoms with van der Waals surface area (Å²) >= 11 is 0. The smallest absolute Gasteiger partial charge is 0.264 e. The van der Waals surface area contributed by atoms with Crippen molar-refractivity contribution < 1.29 is 4.39 Å². The Bertz CT molecular complexity index is 824. The van der Waals surface area contributed by atoms with Crippen molar-refractivity contribution in [2.75, 3.05) is 5.73 Å². The predicted molar refractivity (Wildman–Crippen MR) is 73.9 cm³/mol. The second-order valence-electron chi connectivity index (χ2n) is 4.25. The molecule has 1 aromatic heterocycles. The van der Waals surface area contributed by atoms with Crippen molar-refractivity contribution in [1.29, 1.82) is 0 Å². The molecule has 0 fully saturated rings. The Morgan fingerprint density at radius 2 is 1.68 bits per heavy atom. The van der Waals surface area contributed by atoms with Crippen molar-refractivity contribution in [2.24, 2.45) is 0 Å². The molecule has 0 aliphatic carbocycles. The lowest BCUT2D eigenvalue weighted by molar-refractivity contribution is 0.617. The summed E-state index contributed by atoms with van der Waals surface area (Å²) in [5, 5.41) is 1.26. The average Bonchev–Trinajstić information content (AvgIpc) is 2.41. The first-order valence-corrected chi connectivity index (χ1v) is 5.83. The molecule has 0 spiro atoms. The van der Waals surface area contributed by atoms with Gasteiger partial charge in [-0.15, -0.1) is 0 Å². The van der Waals surface area contributed by atoms with Gasteiger partial charge in [0.1, 0.15) is 11.6 Å². The molecule has 1 heterocycles. The number of rotatable bonds is 1. The largest absolute Gasteiger partial charge is 0.385 e. The molecule has 0 saturated carbocycles. The summed E-state index contributed by atoms with van der Waals surface area (Å²) in [6, 6.07) is 14.8. The number of nitrogens with two attached hydrogens (primary N) is 1. The summed E-state index contributed by atoms with van der Waals surface area (Å²) in [5.41, 5.74) is 5.73. The number of fused-ring (bicyclic) bond motifs is 1. The van der Waals surface area contributed by atoms with E-state index in [0.717, 1.165) is 5.39 Å². The number of aromatic nitrogens is 1. The Morgan fingerprint density at radius 3 is 2.47 bits per heavy atom. The summed E-state index contributed by atoms with van der Waals surface area (Å²) in [6.07, 6.45) is 0. The van der Waals surface area contributed by atoms with E-state index in [4.69, 9.17) is 5.73 Å². The topological polar surface area (TPSA) is 48.0 Å². The minimum absolute atomic E-state index is 0.163. The summed E-state index contributed by atoms with van der Waals surface area (Å²) < 4.78 is 15.0. The number of benzene rings is 2. The summed E-state index contributed by atoms with van der Waals surface area (Å²) in [5.74, 6) is -0.264. The lowest BCUT2D eigenvalue weighted by atomic mass is 10.1. The zero-order chi connectivity index (χ0) is 13.4. The Kier molecular flexibility index (Phi) is 2.56. The summed E-state index contributed by atoms with van der Waals surface area (Å²) in [7, 11) is 0. The van der Waals surface area contributed by atoms with Crippen LogP contribution in [0.15, 0.2) is 59.4 Å². The number of nitrogens with zero attached hydrogens (tertiary/aromatic N) is 1. The van der Waals surface area contributed by atoms with Crippen molar-refractivity contribution in [2.45, 2.75) is 0 Å². The van der Waals surface area contributed by atoms with Crippen LogP contribution in [0.5, 0.6) is 0 Å². The van der Waals surface area contributed by atoms with Gasteiger partial charge in [-0.05, 0) is 29.7 Å². The number of hydrogen-bond donors (Lipinski definition) is 1. The Balaban J connectivity index is 2.43. The van der Waals surface area contributed by atoms with Crippen LogP contribution in [0.4, 0.5) is 10.2 Å². The first kappa shape index (κ1) is 11.5. The van der Waals surface area contributed by atoms with Crippen LogP contribution in [-0.2, 0) is 0 Å². The summed E-state index contributed by atoms with van der Waals surface area (Å²) in [6.45, 7) is 0. The Hall–Kier alpha value is -2.62. The highest BCUT2D eigenvalue weighted by Crippen LogP contribution is 2.19. The molecular weight excluding hydrogens is 243 g/mol. The number of nitrogen functional groups attached to an aromatic ring is 1. The second-order valence-corrected chi connectivity index (χ2v) is 4.25. The van der Waals surface area contributed by atoms with E-state index in [0.29, 0.717) is 5.39 Å². The molecule has 0 radical (unpaired) electrons. The minimum Gasteiger partial charge on any atom is -0.385 e. The second kappa shape index (κ2) is 4.24. The van der Waals surface area contributed by atoms with E-state index in [9.17, 15) is 9.18 Å². The van der Waals surface area contributed by atoms with Gasteiger partial charge in [0.25, 0.3) is 5.56 Å². The fourth-order valence-electron chi connectivity index (χ4n) is 2.16. The van der Waals surface area contributed by atoms with Gasteiger partial charge in [-0.3, -0.25) is 9.36 Å². The zero-order valence-electron chi connectivity index (χ0n) is 10.0. The van der Waals surface area contributed by atoms with Gasteiger partial charge in [0.2, 0.25) is 0 Å². The molecule has 0 amide bonds. The van der Waals surface area contributed by atoms with Crippen molar-refractivity contribution in [3.05, 3.63) is 70.8 Å². The Morgan fingerprint density at radius 1 is 1.00 bits per heavy atom. The van der Waals surface area contributed by atoms with E-state index in [2.05, 4.69) is 0 Å². The molecule has 2 aromatic carbocycles. The van der Waals surface area contributed by atoms with E-state index < -0.39 is 5.82 Å². The van der Waals surface area contributed by atoms with Gasteiger partial charge in [-0.1, -0.05) is 30.3 Å². The molecule has 0 aliphatic rings. The third kappa shape index (κ3) is 1.78. The quantitative estimate of drug-likeness (QED) is 0.725. The lowest BCUT2D eigenvalue weighted by Crippen LogP contribution is -2.22. The Labute approximate surface area is 108 Å². The number of anilines is 1. The third-order valence-electron chi connectivity index (χ3n) is 3.05. The molecular formula is C15H11FN2O. The molecule has 4 heteroatoms. The van der Waals surface area contributed by atoms with Crippen LogP contribution in [0.1, 0.15) is 0 Å². The van der Waals surface area contributed by atoms with Gasteiger partial charge in [-0.25, -0.2) is 4.39 Å². The molecule has 2 N–H and O–H groups in total. The summed E-state index contributed by atoms with van der Waals surface area (Å²) in [4.78, 5) is 12.4. The van der Waals surface area contributed by atoms with Crippen LogP contribution in [0.25, 0.3) is 16.5 Å². The maximum absolute atomic E-state index is 13.8. The first-order chi connectivity index (χ1) is 9.18. The maximum Gasteiger partial charge on any atom is 0.264 e. The van der Waals surface area contributed by atoms with Gasteiger partial charge >= 0.3 is 0 Å². The van der Waals surface area contributed by atoms with Crippen molar-refractivity contribution in [3.63, 3.8) is 0 Å². The average molecular weight is 254 g/mol. The fraction of sp³-hybridized carbons (Fsp3) is 0. The van der Waals surface area contributed by atoms with Crippen LogP contribution in [0.3, 0.4) is 0 Å². The van der Waals surface area contributed by atoms with Crippen LogP contribution < -0.4 is 11.3 Å². The van der Waals surface area contributed by atoms with Crippen LogP contribution in [0, 0.1) is 5.82 Å². The molecule has 3 aromatic rings. The first-order valence-electron chi connectivity index (χ1n) is 5.83. The van der Waals surface area contributed by atoms with Crippen molar-refractivity contribution >= 4 is 16.6 Å². The van der Waals surface area contributed by atoms with E-state index in [-0.39, 0.29) is 17.1 Å². The maximum atomic E-state index is 13.8. The SMILES string of the molecule is Nc1cc2ccccc2c(=O)n1-c1ccccc1F. The molecule has 0 atom stereocenters. The number of halogens is 1. The normalized spacial score (nSPS) is 10.8. The minimum atomic E-state index is -0.480. The number of hydrogen-bond acceptors (Lipinski definition) is 2. The molecule has 19 heavy (non-hydrogen) atoms. The number of pyridine rings is 1. The molecule has 3 nitrogen and oxygen atoms in total. The van der Waals surface area contributed by atoms with Gasteiger partial charge in [0.15, 0.2) is 0 Å². The third-order valence-corrected chi connectivity index (χ3v) is 3.05. The van der Waals surface area contributed by atoms with Crippen LogP contribution in [0.2, 0.25) is 0 Å². The van der Waals surface area contributed by atoms with Gasteiger partial charge in [-0.2, -0.15) is 0 Å². The standard InChI is InChI=1S/C15H11FN2O/c16-12-7-3-4-8-13(12)18-14(17)9-10-5-1-2-6-11(10)15(18)19/h1-9H,17H2. The van der Waals surface area contributed by atoms with E-state index in [1.54, 1.807) is 36.4 Å². The van der Waals surface area contributed by atoms with Gasteiger partial charge in [0.05, 0.1) is 5.69 Å². The lowest BCUT2D eigenvalue weighted by Gasteiger charge is -2.11. The van der Waals surface area contributed by atoms with Crippen molar-refractivity contribution in [1.82, 2.24) is 4.57 Å². The van der Waals surface area contributed by atoms with Gasteiger partial charge in [0, 0.05) is 5.39 Å². The fourth-order valence-corrected chi connectivity index (χ4v) is 2.16. The van der Waals surface area contributed by atoms with Gasteiger partial charge < -0.3 is 5.73 Å². The van der Waals surface area contributed by atoms with E-state index in [1.807, 2.05) is 6.07 Å². The van der Waals surface area contributed by atoms with E-state index in [1.165, 1.54) is 16.7 Å². The highest BCUT2D eigenvalue weighted by atomic mass is 19.1. The van der Waals surface area contributed by atoms with Crippen LogP contribution >= 0.6 is 0 Å². The highest BCUT2D eigenvalue weighted by molar-refractivity contribution is 5.84. The van der Waals surface area contributed by atoms with E-state index >= 15 is 0 Å². The molecule has 0 saturated heterocycles. The molecule has 0 bridgehead atoms. The van der Waals surface area contributed by atoms with Crippen molar-refractivity contribution in [3.8, 4) is 5.69 Å². The zero-order valence-corrected chi connectivity index (χ0v) is 10.0. The predicted octanol–water partition coefficient (Wildman–Crippen LogP) is 2.71. The monoisotopic (exact) mass is 254 g/mol.